The fraction of sp³-hybridized carbons (Fsp3) is 0.400. The first-order valence-corrected chi connectivity index (χ1v) is 5.27. The van der Waals surface area contributed by atoms with E-state index in [-0.39, 0.29) is 0 Å². The Kier molecular flexibility index (Phi) is 2.29. The first-order chi connectivity index (χ1) is 7.84. The van der Waals surface area contributed by atoms with Gasteiger partial charge < -0.3 is 14.6 Å². The van der Waals surface area contributed by atoms with Crippen molar-refractivity contribution >= 4 is 30.3 Å². The number of aromatic amines is 1. The number of morpholine rings is 1. The maximum Gasteiger partial charge on any atom is 0.158 e. The van der Waals surface area contributed by atoms with Crippen LogP contribution in [0.2, 0.25) is 0 Å². The molecule has 1 aliphatic rings. The Morgan fingerprint density at radius 1 is 1.38 bits per heavy atom. The molecule has 0 bridgehead atoms. The zero-order valence-corrected chi connectivity index (χ0v) is 8.81. The molecule has 6 heteroatoms. The van der Waals surface area contributed by atoms with E-state index in [1.54, 1.807) is 6.20 Å². The molecule has 80 valence electrons. The highest BCUT2D eigenvalue weighted by Gasteiger charge is 2.16. The average Bonchev–Trinajstić information content (AvgIpc) is 2.73. The summed E-state index contributed by atoms with van der Waals surface area (Å²) in [4.78, 5) is 13.8. The second-order valence-electron chi connectivity index (χ2n) is 3.77. The standard InChI is InChI=1S/C10H11BN4O/c11-8-6-13-10-9(14-8)7(5-12-10)15-1-3-16-4-2-15/h5-6H,1-4H2,(H,12,13). The van der Waals surface area contributed by atoms with E-state index in [2.05, 4.69) is 19.9 Å². The molecule has 0 aromatic carbocycles. The Morgan fingerprint density at radius 2 is 2.19 bits per heavy atom. The molecule has 0 unspecified atom stereocenters. The van der Waals surface area contributed by atoms with Crippen molar-refractivity contribution in [2.45, 2.75) is 0 Å². The highest BCUT2D eigenvalue weighted by molar-refractivity contribution is 6.30. The first-order valence-electron chi connectivity index (χ1n) is 5.27. The fourth-order valence-electron chi connectivity index (χ4n) is 1.94. The van der Waals surface area contributed by atoms with E-state index in [1.807, 2.05) is 6.20 Å². The zero-order chi connectivity index (χ0) is 11.0. The lowest BCUT2D eigenvalue weighted by atomic mass is 10.1. The van der Waals surface area contributed by atoms with E-state index in [0.29, 0.717) is 5.59 Å². The van der Waals surface area contributed by atoms with Crippen LogP contribution in [0.4, 0.5) is 5.69 Å². The lowest BCUT2D eigenvalue weighted by Gasteiger charge is -2.27. The van der Waals surface area contributed by atoms with E-state index in [1.165, 1.54) is 0 Å². The third kappa shape index (κ3) is 1.55. The number of hydrogen-bond donors (Lipinski definition) is 1. The average molecular weight is 214 g/mol. The molecule has 1 saturated heterocycles. The van der Waals surface area contributed by atoms with Gasteiger partial charge in [-0.25, -0.2) is 4.98 Å². The maximum atomic E-state index is 5.65. The SMILES string of the molecule is [B]c1cnc2[nH]cc(N3CCOCC3)c2n1. The molecule has 1 aliphatic heterocycles. The molecule has 5 nitrogen and oxygen atoms in total. The normalized spacial score (nSPS) is 16.9. The lowest BCUT2D eigenvalue weighted by Crippen LogP contribution is -2.36. The van der Waals surface area contributed by atoms with Gasteiger partial charge in [-0.15, -0.1) is 0 Å². The molecule has 2 aromatic heterocycles. The topological polar surface area (TPSA) is 54.0 Å². The van der Waals surface area contributed by atoms with Gasteiger partial charge in [0.05, 0.1) is 18.9 Å². The van der Waals surface area contributed by atoms with Crippen LogP contribution in [0.15, 0.2) is 12.4 Å². The van der Waals surface area contributed by atoms with Gasteiger partial charge in [-0.05, 0) is 0 Å². The molecule has 1 fully saturated rings. The van der Waals surface area contributed by atoms with E-state index in [9.17, 15) is 0 Å². The summed E-state index contributed by atoms with van der Waals surface area (Å²) in [7, 11) is 5.65. The van der Waals surface area contributed by atoms with Crippen molar-refractivity contribution < 1.29 is 4.74 Å². The zero-order valence-electron chi connectivity index (χ0n) is 8.81. The van der Waals surface area contributed by atoms with Crippen molar-refractivity contribution in [2.24, 2.45) is 0 Å². The molecule has 0 saturated carbocycles. The summed E-state index contributed by atoms with van der Waals surface area (Å²) in [5.74, 6) is 0. The number of hydrogen-bond acceptors (Lipinski definition) is 4. The van der Waals surface area contributed by atoms with Gasteiger partial charge in [0.25, 0.3) is 0 Å². The molecule has 16 heavy (non-hydrogen) atoms. The predicted molar refractivity (Wildman–Crippen MR) is 62.3 cm³/mol. The molecule has 0 amide bonds. The van der Waals surface area contributed by atoms with Crippen molar-refractivity contribution in [2.75, 3.05) is 31.2 Å². The van der Waals surface area contributed by atoms with E-state index in [0.717, 1.165) is 43.2 Å². The van der Waals surface area contributed by atoms with Crippen LogP contribution in [-0.4, -0.2) is 49.1 Å². The minimum atomic E-state index is 0.446. The summed E-state index contributed by atoms with van der Waals surface area (Å²) in [6.45, 7) is 3.26. The third-order valence-corrected chi connectivity index (χ3v) is 2.73. The molecule has 2 radical (unpaired) electrons. The van der Waals surface area contributed by atoms with Crippen molar-refractivity contribution in [1.29, 1.82) is 0 Å². The van der Waals surface area contributed by atoms with Crippen molar-refractivity contribution in [3.05, 3.63) is 12.4 Å². The summed E-state index contributed by atoms with van der Waals surface area (Å²) in [6, 6.07) is 0. The third-order valence-electron chi connectivity index (χ3n) is 2.73. The molecule has 0 spiro atoms. The van der Waals surface area contributed by atoms with Gasteiger partial charge in [-0.3, -0.25) is 4.98 Å². The van der Waals surface area contributed by atoms with Crippen LogP contribution in [0.25, 0.3) is 11.2 Å². The van der Waals surface area contributed by atoms with Crippen LogP contribution in [0.1, 0.15) is 0 Å². The Hall–Kier alpha value is -1.56. The number of H-pyrrole nitrogens is 1. The number of ether oxygens (including phenoxy) is 1. The molecular formula is C10H11BN4O. The molecule has 0 aliphatic carbocycles. The van der Waals surface area contributed by atoms with Crippen LogP contribution >= 0.6 is 0 Å². The van der Waals surface area contributed by atoms with Crippen LogP contribution in [0.5, 0.6) is 0 Å². The number of fused-ring (bicyclic) bond motifs is 1. The number of nitrogens with one attached hydrogen (secondary N) is 1. The molecule has 2 aromatic rings. The maximum absolute atomic E-state index is 5.65. The van der Waals surface area contributed by atoms with Crippen LogP contribution < -0.4 is 10.5 Å². The van der Waals surface area contributed by atoms with E-state index < -0.39 is 0 Å². The van der Waals surface area contributed by atoms with Crippen molar-refractivity contribution in [1.82, 2.24) is 15.0 Å². The first kappa shape index (κ1) is 9.66. The Balaban J connectivity index is 2.05. The molecule has 3 rings (SSSR count). The number of aromatic nitrogens is 3. The van der Waals surface area contributed by atoms with Gasteiger partial charge >= 0.3 is 0 Å². The van der Waals surface area contributed by atoms with Gasteiger partial charge in [0.2, 0.25) is 0 Å². The minimum Gasteiger partial charge on any atom is -0.378 e. The summed E-state index contributed by atoms with van der Waals surface area (Å²) < 4.78 is 5.32. The second-order valence-corrected chi connectivity index (χ2v) is 3.77. The van der Waals surface area contributed by atoms with Crippen LogP contribution in [0.3, 0.4) is 0 Å². The van der Waals surface area contributed by atoms with E-state index >= 15 is 0 Å². The molecule has 0 atom stereocenters. The number of anilines is 1. The molecular weight excluding hydrogens is 203 g/mol. The molecule has 1 N–H and O–H groups in total. The van der Waals surface area contributed by atoms with Crippen molar-refractivity contribution in [3.63, 3.8) is 0 Å². The van der Waals surface area contributed by atoms with Gasteiger partial charge in [0.15, 0.2) is 5.65 Å². The number of nitrogens with zero attached hydrogens (tertiary/aromatic N) is 3. The Bertz CT molecular complexity index is 506. The van der Waals surface area contributed by atoms with Crippen LogP contribution in [0, 0.1) is 0 Å². The van der Waals surface area contributed by atoms with E-state index in [4.69, 9.17) is 12.6 Å². The van der Waals surface area contributed by atoms with Crippen molar-refractivity contribution in [3.8, 4) is 0 Å². The summed E-state index contributed by atoms with van der Waals surface area (Å²) in [5.41, 5.74) is 3.11. The van der Waals surface area contributed by atoms with Gasteiger partial charge in [0, 0.05) is 31.1 Å². The summed E-state index contributed by atoms with van der Waals surface area (Å²) in [6.07, 6.45) is 3.48. The monoisotopic (exact) mass is 214 g/mol. The van der Waals surface area contributed by atoms with Gasteiger partial charge in [-0.2, -0.15) is 0 Å². The second kappa shape index (κ2) is 3.79. The largest absolute Gasteiger partial charge is 0.378 e. The highest BCUT2D eigenvalue weighted by Crippen LogP contribution is 2.23. The van der Waals surface area contributed by atoms with Gasteiger partial charge in [-0.1, -0.05) is 0 Å². The predicted octanol–water partition coefficient (Wildman–Crippen LogP) is -0.412. The van der Waals surface area contributed by atoms with Crippen LogP contribution in [-0.2, 0) is 4.74 Å². The summed E-state index contributed by atoms with van der Waals surface area (Å²) >= 11 is 0. The minimum absolute atomic E-state index is 0.446. The Morgan fingerprint density at radius 3 is 3.00 bits per heavy atom. The fourth-order valence-corrected chi connectivity index (χ4v) is 1.94. The smallest absolute Gasteiger partial charge is 0.158 e. The Labute approximate surface area is 94.2 Å². The quantitative estimate of drug-likeness (QED) is 0.655. The lowest BCUT2D eigenvalue weighted by molar-refractivity contribution is 0.123. The van der Waals surface area contributed by atoms with Gasteiger partial charge in [0.1, 0.15) is 13.4 Å². The molecule has 3 heterocycles. The highest BCUT2D eigenvalue weighted by atomic mass is 16.5. The summed E-state index contributed by atoms with van der Waals surface area (Å²) in [5, 5.41) is 0. The number of rotatable bonds is 1.